The van der Waals surface area contributed by atoms with Gasteiger partial charge in [-0.15, -0.1) is 0 Å². The van der Waals surface area contributed by atoms with Crippen molar-refractivity contribution in [1.82, 2.24) is 10.3 Å². The summed E-state index contributed by atoms with van der Waals surface area (Å²) in [5, 5.41) is 2.91. The number of hydrogen-bond donors (Lipinski definition) is 1. The normalized spacial score (nSPS) is 10.4. The standard InChI is InChI=1S/C20H20N2O3/c23-20(11-10-18-5-3-13-24-18)22-14-16-6-8-19(9-7-16)25-15-17-4-1-2-12-21-17/h1-9,12-13H,10-11,14-15H2,(H,22,23). The van der Waals surface area contributed by atoms with E-state index in [2.05, 4.69) is 10.3 Å². The van der Waals surface area contributed by atoms with Crippen molar-refractivity contribution in [1.29, 1.82) is 0 Å². The van der Waals surface area contributed by atoms with Gasteiger partial charge in [-0.2, -0.15) is 0 Å². The van der Waals surface area contributed by atoms with E-state index < -0.39 is 0 Å². The molecule has 0 spiro atoms. The molecule has 0 aliphatic heterocycles. The lowest BCUT2D eigenvalue weighted by molar-refractivity contribution is -0.121. The van der Waals surface area contributed by atoms with Crippen LogP contribution in [0.1, 0.15) is 23.4 Å². The highest BCUT2D eigenvalue weighted by Crippen LogP contribution is 2.13. The third-order valence-electron chi connectivity index (χ3n) is 3.70. The molecule has 0 unspecified atom stereocenters. The van der Waals surface area contributed by atoms with Crippen molar-refractivity contribution in [3.8, 4) is 5.75 Å². The summed E-state index contributed by atoms with van der Waals surface area (Å²) in [5.41, 5.74) is 1.91. The van der Waals surface area contributed by atoms with Crippen LogP contribution in [0.2, 0.25) is 0 Å². The van der Waals surface area contributed by atoms with Crippen molar-refractivity contribution < 1.29 is 13.9 Å². The van der Waals surface area contributed by atoms with Crippen LogP contribution in [0.5, 0.6) is 5.75 Å². The molecule has 5 nitrogen and oxygen atoms in total. The number of ether oxygens (including phenoxy) is 1. The number of hydrogen-bond acceptors (Lipinski definition) is 4. The Kier molecular flexibility index (Phi) is 5.82. The van der Waals surface area contributed by atoms with Gasteiger partial charge in [-0.05, 0) is 42.0 Å². The third kappa shape index (κ3) is 5.49. The van der Waals surface area contributed by atoms with Gasteiger partial charge in [0.15, 0.2) is 0 Å². The Morgan fingerprint density at radius 1 is 1.08 bits per heavy atom. The van der Waals surface area contributed by atoms with Crippen LogP contribution >= 0.6 is 0 Å². The minimum Gasteiger partial charge on any atom is -0.487 e. The molecule has 0 atom stereocenters. The molecule has 1 amide bonds. The molecule has 2 aromatic heterocycles. The van der Waals surface area contributed by atoms with Crippen LogP contribution in [0.3, 0.4) is 0 Å². The summed E-state index contributed by atoms with van der Waals surface area (Å²) < 4.78 is 10.9. The SMILES string of the molecule is O=C(CCc1ccco1)NCc1ccc(OCc2ccccn2)cc1. The van der Waals surface area contributed by atoms with Crippen LogP contribution in [0.15, 0.2) is 71.5 Å². The largest absolute Gasteiger partial charge is 0.487 e. The van der Waals surface area contributed by atoms with E-state index in [1.807, 2.05) is 54.6 Å². The maximum absolute atomic E-state index is 11.9. The Morgan fingerprint density at radius 2 is 1.96 bits per heavy atom. The quantitative estimate of drug-likeness (QED) is 0.684. The summed E-state index contributed by atoms with van der Waals surface area (Å²) in [6.07, 6.45) is 4.39. The van der Waals surface area contributed by atoms with Gasteiger partial charge >= 0.3 is 0 Å². The van der Waals surface area contributed by atoms with Crippen LogP contribution in [0.4, 0.5) is 0 Å². The molecular weight excluding hydrogens is 316 g/mol. The highest BCUT2D eigenvalue weighted by Gasteiger charge is 2.04. The molecule has 1 aromatic carbocycles. The molecule has 0 radical (unpaired) electrons. The number of nitrogens with one attached hydrogen (secondary N) is 1. The van der Waals surface area contributed by atoms with Crippen molar-refractivity contribution in [3.05, 3.63) is 84.1 Å². The zero-order valence-corrected chi connectivity index (χ0v) is 13.9. The average molecular weight is 336 g/mol. The zero-order chi connectivity index (χ0) is 17.3. The Hall–Kier alpha value is -3.08. The maximum Gasteiger partial charge on any atom is 0.220 e. The Balaban J connectivity index is 1.40. The highest BCUT2D eigenvalue weighted by atomic mass is 16.5. The first-order valence-electron chi connectivity index (χ1n) is 8.20. The first-order chi connectivity index (χ1) is 12.3. The van der Waals surface area contributed by atoms with Gasteiger partial charge in [0.2, 0.25) is 5.91 Å². The van der Waals surface area contributed by atoms with E-state index in [0.717, 1.165) is 22.8 Å². The summed E-state index contributed by atoms with van der Waals surface area (Å²) >= 11 is 0. The molecule has 0 aliphatic rings. The molecule has 0 saturated carbocycles. The van der Waals surface area contributed by atoms with Crippen molar-refractivity contribution in [2.24, 2.45) is 0 Å². The van der Waals surface area contributed by atoms with Crippen LogP contribution in [0.25, 0.3) is 0 Å². The molecule has 2 heterocycles. The van der Waals surface area contributed by atoms with E-state index in [9.17, 15) is 4.79 Å². The molecule has 0 fully saturated rings. The minimum absolute atomic E-state index is 0.00637. The number of nitrogens with zero attached hydrogens (tertiary/aromatic N) is 1. The first-order valence-corrected chi connectivity index (χ1v) is 8.20. The van der Waals surface area contributed by atoms with E-state index in [4.69, 9.17) is 9.15 Å². The number of furan rings is 1. The summed E-state index contributed by atoms with van der Waals surface area (Å²) in [6.45, 7) is 0.932. The fraction of sp³-hybridized carbons (Fsp3) is 0.200. The number of aromatic nitrogens is 1. The van der Waals surface area contributed by atoms with Crippen LogP contribution in [-0.4, -0.2) is 10.9 Å². The number of carbonyl (C=O) groups is 1. The minimum atomic E-state index is 0.00637. The van der Waals surface area contributed by atoms with Gasteiger partial charge in [0.1, 0.15) is 18.1 Å². The fourth-order valence-corrected chi connectivity index (χ4v) is 2.32. The van der Waals surface area contributed by atoms with Crippen LogP contribution in [-0.2, 0) is 24.4 Å². The summed E-state index contributed by atoms with van der Waals surface area (Å²) in [7, 11) is 0. The van der Waals surface area contributed by atoms with E-state index in [1.165, 1.54) is 0 Å². The molecule has 0 saturated heterocycles. The second kappa shape index (κ2) is 8.68. The second-order valence-corrected chi connectivity index (χ2v) is 5.61. The lowest BCUT2D eigenvalue weighted by atomic mass is 10.2. The summed E-state index contributed by atoms with van der Waals surface area (Å²) in [5.74, 6) is 1.61. The number of amides is 1. The molecule has 0 bridgehead atoms. The smallest absolute Gasteiger partial charge is 0.220 e. The van der Waals surface area contributed by atoms with E-state index >= 15 is 0 Å². The first kappa shape index (κ1) is 16.8. The molecule has 5 heteroatoms. The maximum atomic E-state index is 11.9. The fourth-order valence-electron chi connectivity index (χ4n) is 2.32. The molecular formula is C20H20N2O3. The Morgan fingerprint density at radius 3 is 2.68 bits per heavy atom. The predicted octanol–water partition coefficient (Wildman–Crippen LogP) is 3.50. The Labute approximate surface area is 146 Å². The average Bonchev–Trinajstić information content (AvgIpc) is 3.18. The molecule has 25 heavy (non-hydrogen) atoms. The third-order valence-corrected chi connectivity index (χ3v) is 3.70. The monoisotopic (exact) mass is 336 g/mol. The second-order valence-electron chi connectivity index (χ2n) is 5.61. The summed E-state index contributed by atoms with van der Waals surface area (Å²) in [6, 6.07) is 17.1. The predicted molar refractivity (Wildman–Crippen MR) is 93.9 cm³/mol. The lowest BCUT2D eigenvalue weighted by Crippen LogP contribution is -2.22. The van der Waals surface area contributed by atoms with Crippen LogP contribution < -0.4 is 10.1 Å². The van der Waals surface area contributed by atoms with E-state index in [0.29, 0.717) is 26.0 Å². The van der Waals surface area contributed by atoms with Crippen LogP contribution in [0, 0.1) is 0 Å². The van der Waals surface area contributed by atoms with Gasteiger partial charge in [0, 0.05) is 25.6 Å². The van der Waals surface area contributed by atoms with Crippen molar-refractivity contribution in [2.45, 2.75) is 26.0 Å². The lowest BCUT2D eigenvalue weighted by Gasteiger charge is -2.08. The number of pyridine rings is 1. The van der Waals surface area contributed by atoms with Crippen molar-refractivity contribution >= 4 is 5.91 Å². The number of aryl methyl sites for hydroxylation is 1. The molecule has 3 aromatic rings. The number of carbonyl (C=O) groups excluding carboxylic acids is 1. The number of rotatable bonds is 8. The molecule has 128 valence electrons. The van der Waals surface area contributed by atoms with E-state index in [-0.39, 0.29) is 5.91 Å². The highest BCUT2D eigenvalue weighted by molar-refractivity contribution is 5.76. The molecule has 3 rings (SSSR count). The van der Waals surface area contributed by atoms with Gasteiger partial charge in [-0.1, -0.05) is 18.2 Å². The number of benzene rings is 1. The van der Waals surface area contributed by atoms with Gasteiger partial charge < -0.3 is 14.5 Å². The molecule has 1 N–H and O–H groups in total. The molecule has 0 aliphatic carbocycles. The van der Waals surface area contributed by atoms with Gasteiger partial charge in [-0.25, -0.2) is 0 Å². The van der Waals surface area contributed by atoms with Crippen molar-refractivity contribution in [3.63, 3.8) is 0 Å². The van der Waals surface area contributed by atoms with Gasteiger partial charge in [-0.3, -0.25) is 9.78 Å². The topological polar surface area (TPSA) is 64.4 Å². The Bertz CT molecular complexity index is 768. The van der Waals surface area contributed by atoms with E-state index in [1.54, 1.807) is 12.5 Å². The van der Waals surface area contributed by atoms with Crippen molar-refractivity contribution in [2.75, 3.05) is 0 Å². The van der Waals surface area contributed by atoms with Gasteiger partial charge in [0.05, 0.1) is 12.0 Å². The van der Waals surface area contributed by atoms with Gasteiger partial charge in [0.25, 0.3) is 0 Å². The zero-order valence-electron chi connectivity index (χ0n) is 13.9. The summed E-state index contributed by atoms with van der Waals surface area (Å²) in [4.78, 5) is 16.1.